The highest BCUT2D eigenvalue weighted by Gasteiger charge is 2.42. The number of carbonyl (C=O) groups is 2. The minimum atomic E-state index is -0.567. The summed E-state index contributed by atoms with van der Waals surface area (Å²) in [6.45, 7) is 0.668. The van der Waals surface area contributed by atoms with Crippen LogP contribution in [0.5, 0.6) is 5.75 Å². The molecule has 0 saturated carbocycles. The normalized spacial score (nSPS) is 17.2. The van der Waals surface area contributed by atoms with Crippen molar-refractivity contribution in [2.24, 2.45) is 0 Å². The van der Waals surface area contributed by atoms with E-state index < -0.39 is 11.9 Å². The molecule has 2 N–H and O–H groups in total. The second-order valence-corrected chi connectivity index (χ2v) is 5.95. The van der Waals surface area contributed by atoms with E-state index in [1.165, 1.54) is 18.2 Å². The SMILES string of the molecule is COc1ccc(CC[NH2+]C2CC(=O)N(c3ccccc3F)C2=O)cc1. The third-order valence-corrected chi connectivity index (χ3v) is 4.32. The van der Waals surface area contributed by atoms with E-state index in [1.807, 2.05) is 29.6 Å². The van der Waals surface area contributed by atoms with Crippen LogP contribution in [0.1, 0.15) is 12.0 Å². The molecule has 1 aliphatic heterocycles. The number of hydrogen-bond donors (Lipinski definition) is 1. The molecule has 1 unspecified atom stereocenters. The third kappa shape index (κ3) is 3.69. The molecule has 0 spiro atoms. The lowest BCUT2D eigenvalue weighted by Gasteiger charge is -2.14. The Balaban J connectivity index is 1.59. The highest BCUT2D eigenvalue weighted by Crippen LogP contribution is 2.24. The smallest absolute Gasteiger partial charge is 0.292 e. The van der Waals surface area contributed by atoms with Gasteiger partial charge in [0.1, 0.15) is 11.6 Å². The fraction of sp³-hybridized carbons (Fsp3) is 0.263. The Bertz CT molecular complexity index is 776. The fourth-order valence-electron chi connectivity index (χ4n) is 2.97. The number of anilines is 1. The van der Waals surface area contributed by atoms with Gasteiger partial charge >= 0.3 is 0 Å². The Morgan fingerprint density at radius 1 is 1.16 bits per heavy atom. The third-order valence-electron chi connectivity index (χ3n) is 4.32. The summed E-state index contributed by atoms with van der Waals surface area (Å²) >= 11 is 0. The number of nitrogens with two attached hydrogens (primary N) is 1. The Morgan fingerprint density at radius 2 is 1.88 bits per heavy atom. The van der Waals surface area contributed by atoms with Gasteiger partial charge in [-0.15, -0.1) is 0 Å². The van der Waals surface area contributed by atoms with Crippen molar-refractivity contribution in [3.63, 3.8) is 0 Å². The summed E-state index contributed by atoms with van der Waals surface area (Å²) in [6.07, 6.45) is 0.859. The first-order valence-corrected chi connectivity index (χ1v) is 8.17. The lowest BCUT2D eigenvalue weighted by atomic mass is 10.1. The fourth-order valence-corrected chi connectivity index (χ4v) is 2.97. The summed E-state index contributed by atoms with van der Waals surface area (Å²) < 4.78 is 19.0. The number of amides is 2. The van der Waals surface area contributed by atoms with Crippen molar-refractivity contribution in [3.8, 4) is 5.75 Å². The minimum absolute atomic E-state index is 0.0311. The van der Waals surface area contributed by atoms with Gasteiger partial charge in [-0.2, -0.15) is 0 Å². The molecule has 25 heavy (non-hydrogen) atoms. The molecule has 3 rings (SSSR count). The number of halogens is 1. The maximum absolute atomic E-state index is 13.9. The predicted molar refractivity (Wildman–Crippen MR) is 90.8 cm³/mol. The first-order valence-electron chi connectivity index (χ1n) is 8.17. The Labute approximate surface area is 145 Å². The maximum Gasteiger partial charge on any atom is 0.292 e. The number of nitrogens with zero attached hydrogens (tertiary/aromatic N) is 1. The van der Waals surface area contributed by atoms with Crippen molar-refractivity contribution < 1.29 is 24.0 Å². The highest BCUT2D eigenvalue weighted by molar-refractivity contribution is 6.21. The molecular weight excluding hydrogens is 323 g/mol. The summed E-state index contributed by atoms with van der Waals surface area (Å²) in [7, 11) is 1.62. The van der Waals surface area contributed by atoms with Crippen molar-refractivity contribution in [2.45, 2.75) is 18.9 Å². The molecule has 0 aliphatic carbocycles. The van der Waals surface area contributed by atoms with Gasteiger partial charge in [0.15, 0.2) is 6.04 Å². The molecule has 1 heterocycles. The number of methoxy groups -OCH3 is 1. The molecule has 0 bridgehead atoms. The molecular formula is C19H20FN2O3+. The van der Waals surface area contributed by atoms with Gasteiger partial charge in [0.05, 0.1) is 25.8 Å². The monoisotopic (exact) mass is 343 g/mol. The van der Waals surface area contributed by atoms with Gasteiger partial charge in [0.25, 0.3) is 5.91 Å². The molecule has 6 heteroatoms. The molecule has 1 aliphatic rings. The number of imide groups is 1. The van der Waals surface area contributed by atoms with Gasteiger partial charge in [-0.25, -0.2) is 9.29 Å². The highest BCUT2D eigenvalue weighted by atomic mass is 19.1. The second kappa shape index (κ2) is 7.44. The average molecular weight is 343 g/mol. The number of ether oxygens (including phenoxy) is 1. The lowest BCUT2D eigenvalue weighted by molar-refractivity contribution is -0.674. The number of rotatable bonds is 6. The quantitative estimate of drug-likeness (QED) is 0.804. The van der Waals surface area contributed by atoms with Crippen LogP contribution < -0.4 is 15.0 Å². The second-order valence-electron chi connectivity index (χ2n) is 5.95. The number of carbonyl (C=O) groups excluding carboxylic acids is 2. The van der Waals surface area contributed by atoms with E-state index in [2.05, 4.69) is 0 Å². The molecule has 0 radical (unpaired) electrons. The van der Waals surface area contributed by atoms with Crippen molar-refractivity contribution >= 4 is 17.5 Å². The molecule has 1 saturated heterocycles. The Morgan fingerprint density at radius 3 is 2.56 bits per heavy atom. The van der Waals surface area contributed by atoms with Crippen LogP contribution in [0.4, 0.5) is 10.1 Å². The molecule has 2 aromatic carbocycles. The van der Waals surface area contributed by atoms with Gasteiger partial charge < -0.3 is 10.1 Å². The summed E-state index contributed by atoms with van der Waals surface area (Å²) in [5.41, 5.74) is 1.16. The van der Waals surface area contributed by atoms with Crippen LogP contribution in [0.2, 0.25) is 0 Å². The summed E-state index contributed by atoms with van der Waals surface area (Å²) in [5, 5.41) is 1.85. The number of para-hydroxylation sites is 1. The predicted octanol–water partition coefficient (Wildman–Crippen LogP) is 1.27. The molecule has 2 amide bonds. The largest absolute Gasteiger partial charge is 0.497 e. The zero-order valence-corrected chi connectivity index (χ0v) is 13.9. The standard InChI is InChI=1S/C19H19FN2O3/c1-25-14-8-6-13(7-9-14)10-11-21-16-12-18(23)22(19(16)24)17-5-3-2-4-15(17)20/h2-9,16,21H,10-12H2,1H3/p+1. The Kier molecular flexibility index (Phi) is 5.09. The number of benzene rings is 2. The van der Waals surface area contributed by atoms with Gasteiger partial charge in [-0.1, -0.05) is 24.3 Å². The first-order chi connectivity index (χ1) is 12.1. The van der Waals surface area contributed by atoms with Crippen LogP contribution in [0, 0.1) is 5.82 Å². The van der Waals surface area contributed by atoms with Gasteiger partial charge in [-0.05, 0) is 29.8 Å². The van der Waals surface area contributed by atoms with Gasteiger partial charge in [-0.3, -0.25) is 9.59 Å². The van der Waals surface area contributed by atoms with Crippen molar-refractivity contribution in [3.05, 3.63) is 59.9 Å². The van der Waals surface area contributed by atoms with E-state index >= 15 is 0 Å². The van der Waals surface area contributed by atoms with Crippen molar-refractivity contribution in [1.82, 2.24) is 0 Å². The Hall–Kier alpha value is -2.73. The molecule has 1 fully saturated rings. The summed E-state index contributed by atoms with van der Waals surface area (Å²) in [4.78, 5) is 25.6. The minimum Gasteiger partial charge on any atom is -0.497 e. The van der Waals surface area contributed by atoms with Gasteiger partial charge in [0.2, 0.25) is 5.91 Å². The zero-order valence-electron chi connectivity index (χ0n) is 13.9. The van der Waals surface area contributed by atoms with E-state index in [0.717, 1.165) is 22.6 Å². The first kappa shape index (κ1) is 17.1. The summed E-state index contributed by atoms with van der Waals surface area (Å²) in [5.74, 6) is -0.487. The molecule has 130 valence electrons. The molecule has 1 atom stereocenters. The van der Waals surface area contributed by atoms with E-state index in [9.17, 15) is 14.0 Å². The van der Waals surface area contributed by atoms with E-state index in [0.29, 0.717) is 6.54 Å². The van der Waals surface area contributed by atoms with Gasteiger partial charge in [0, 0.05) is 6.42 Å². The van der Waals surface area contributed by atoms with Crippen LogP contribution in [0.3, 0.4) is 0 Å². The van der Waals surface area contributed by atoms with Crippen LogP contribution in [0.15, 0.2) is 48.5 Å². The van der Waals surface area contributed by atoms with Crippen molar-refractivity contribution in [2.75, 3.05) is 18.6 Å². The zero-order chi connectivity index (χ0) is 17.8. The van der Waals surface area contributed by atoms with E-state index in [1.54, 1.807) is 13.2 Å². The summed E-state index contributed by atoms with van der Waals surface area (Å²) in [6, 6.07) is 13.1. The van der Waals surface area contributed by atoms with Crippen LogP contribution in [0.25, 0.3) is 0 Å². The topological polar surface area (TPSA) is 63.2 Å². The van der Waals surface area contributed by atoms with Crippen LogP contribution in [-0.4, -0.2) is 31.5 Å². The number of quaternary nitrogens is 1. The van der Waals surface area contributed by atoms with E-state index in [-0.39, 0.29) is 23.9 Å². The van der Waals surface area contributed by atoms with E-state index in [4.69, 9.17) is 4.74 Å². The van der Waals surface area contributed by atoms with Crippen LogP contribution >= 0.6 is 0 Å². The number of hydrogen-bond acceptors (Lipinski definition) is 3. The molecule has 0 aromatic heterocycles. The van der Waals surface area contributed by atoms with Crippen LogP contribution in [-0.2, 0) is 16.0 Å². The lowest BCUT2D eigenvalue weighted by Crippen LogP contribution is -2.92. The molecule has 5 nitrogen and oxygen atoms in total. The average Bonchev–Trinajstić information content (AvgIpc) is 2.90. The van der Waals surface area contributed by atoms with Crippen molar-refractivity contribution in [1.29, 1.82) is 0 Å². The molecule has 2 aromatic rings. The maximum atomic E-state index is 13.9.